The first-order chi connectivity index (χ1) is 19.2. The number of aliphatic hydroxyl groups is 1. The van der Waals surface area contributed by atoms with Crippen LogP contribution in [0.3, 0.4) is 0 Å². The van der Waals surface area contributed by atoms with Crippen molar-refractivity contribution >= 4 is 35.0 Å². The highest BCUT2D eigenvalue weighted by molar-refractivity contribution is 6.31. The zero-order valence-corrected chi connectivity index (χ0v) is 23.3. The molecule has 3 unspecified atom stereocenters. The Morgan fingerprint density at radius 1 is 1.02 bits per heavy atom. The van der Waals surface area contributed by atoms with Crippen molar-refractivity contribution in [3.63, 3.8) is 0 Å². The van der Waals surface area contributed by atoms with Crippen molar-refractivity contribution in [3.05, 3.63) is 64.7 Å². The second-order valence-electron chi connectivity index (χ2n) is 13.1. The Bertz CT molecular complexity index is 1340. The Hall–Kier alpha value is -2.90. The van der Waals surface area contributed by atoms with Gasteiger partial charge in [0.25, 0.3) is 5.91 Å². The summed E-state index contributed by atoms with van der Waals surface area (Å²) in [5.74, 6) is 1.10. The van der Waals surface area contributed by atoms with E-state index in [0.717, 1.165) is 50.6 Å². The summed E-state index contributed by atoms with van der Waals surface area (Å²) in [4.78, 5) is 41.4. The number of nitrogens with one attached hydrogen (secondary N) is 2. The van der Waals surface area contributed by atoms with E-state index < -0.39 is 11.1 Å². The van der Waals surface area contributed by atoms with Gasteiger partial charge in [-0.15, -0.1) is 0 Å². The Morgan fingerprint density at radius 2 is 1.75 bits per heavy atom. The van der Waals surface area contributed by atoms with Gasteiger partial charge in [-0.1, -0.05) is 35.9 Å². The standard InChI is InChI=1S/C32H36ClN3O4/c33-26-15-25(34-30(39)32(9-10-32)35-28(37)20-4-2-1-3-5-20)7-6-21(26)14-22-8-11-36(29(22)38)27-23-12-19-13-24(27)18-31(40,16-19)17-23/h1-7,15,19,22-24,27,40H,8-14,16-18H2,(H,34,39)(H,35,37). The van der Waals surface area contributed by atoms with Gasteiger partial charge < -0.3 is 20.6 Å². The second-order valence-corrected chi connectivity index (χ2v) is 13.5. The lowest BCUT2D eigenvalue weighted by atomic mass is 9.52. The van der Waals surface area contributed by atoms with E-state index in [1.165, 1.54) is 0 Å². The third-order valence-corrected chi connectivity index (χ3v) is 10.6. The molecule has 4 bridgehead atoms. The number of halogens is 1. The van der Waals surface area contributed by atoms with Crippen LogP contribution in [-0.2, 0) is 16.0 Å². The second kappa shape index (κ2) is 9.59. The van der Waals surface area contributed by atoms with Crippen LogP contribution in [0.1, 0.15) is 67.3 Å². The number of anilines is 1. The quantitative estimate of drug-likeness (QED) is 0.461. The average molecular weight is 562 g/mol. The number of amides is 3. The van der Waals surface area contributed by atoms with Gasteiger partial charge in [-0.3, -0.25) is 14.4 Å². The highest BCUT2D eigenvalue weighted by Crippen LogP contribution is 2.57. The summed E-state index contributed by atoms with van der Waals surface area (Å²) in [5, 5.41) is 17.3. The number of hydrogen-bond acceptors (Lipinski definition) is 4. The monoisotopic (exact) mass is 561 g/mol. The number of benzene rings is 2. The minimum absolute atomic E-state index is 0.0962. The molecule has 1 saturated heterocycles. The first kappa shape index (κ1) is 26.0. The van der Waals surface area contributed by atoms with Gasteiger partial charge in [0.2, 0.25) is 11.8 Å². The fourth-order valence-corrected chi connectivity index (χ4v) is 8.69. The van der Waals surface area contributed by atoms with Crippen LogP contribution in [0.4, 0.5) is 5.69 Å². The van der Waals surface area contributed by atoms with Gasteiger partial charge in [0, 0.05) is 34.8 Å². The van der Waals surface area contributed by atoms with E-state index >= 15 is 0 Å². The summed E-state index contributed by atoms with van der Waals surface area (Å²) in [6, 6.07) is 14.6. The van der Waals surface area contributed by atoms with Crippen molar-refractivity contribution in [2.75, 3.05) is 11.9 Å². The van der Waals surface area contributed by atoms with Crippen LogP contribution in [-0.4, -0.2) is 51.5 Å². The highest BCUT2D eigenvalue weighted by atomic mass is 35.5. The molecule has 8 heteroatoms. The van der Waals surface area contributed by atoms with Crippen LogP contribution in [0.25, 0.3) is 0 Å². The number of nitrogens with zero attached hydrogens (tertiary/aromatic N) is 1. The molecule has 6 aliphatic rings. The zero-order valence-electron chi connectivity index (χ0n) is 22.6. The summed E-state index contributed by atoms with van der Waals surface area (Å²) < 4.78 is 0. The smallest absolute Gasteiger partial charge is 0.252 e. The van der Waals surface area contributed by atoms with Gasteiger partial charge in [-0.25, -0.2) is 0 Å². The van der Waals surface area contributed by atoms with Crippen molar-refractivity contribution in [1.29, 1.82) is 0 Å². The number of hydrogen-bond donors (Lipinski definition) is 3. The van der Waals surface area contributed by atoms with Crippen LogP contribution in [0.5, 0.6) is 0 Å². The van der Waals surface area contributed by atoms with E-state index in [0.29, 0.717) is 53.3 Å². The van der Waals surface area contributed by atoms with Gasteiger partial charge in [0.1, 0.15) is 5.54 Å². The van der Waals surface area contributed by atoms with Crippen LogP contribution >= 0.6 is 11.6 Å². The first-order valence-electron chi connectivity index (χ1n) is 14.7. The lowest BCUT2D eigenvalue weighted by molar-refractivity contribution is -0.168. The number of carbonyl (C=O) groups is 3. The molecule has 0 radical (unpaired) electrons. The molecule has 5 aliphatic carbocycles. The molecule has 1 heterocycles. The third-order valence-electron chi connectivity index (χ3n) is 10.3. The number of carbonyl (C=O) groups excluding carboxylic acids is 3. The molecule has 8 rings (SSSR count). The van der Waals surface area contributed by atoms with Crippen LogP contribution in [0.2, 0.25) is 5.02 Å². The van der Waals surface area contributed by atoms with Gasteiger partial charge in [0.15, 0.2) is 0 Å². The van der Waals surface area contributed by atoms with Gasteiger partial charge >= 0.3 is 0 Å². The summed E-state index contributed by atoms with van der Waals surface area (Å²) >= 11 is 6.66. The lowest BCUT2D eigenvalue weighted by Crippen LogP contribution is -2.62. The summed E-state index contributed by atoms with van der Waals surface area (Å²) in [6.45, 7) is 0.785. The molecule has 2 aromatic rings. The van der Waals surface area contributed by atoms with E-state index in [4.69, 9.17) is 11.6 Å². The fraction of sp³-hybridized carbons (Fsp3) is 0.531. The SMILES string of the molecule is O=C(NC1(C(=O)Nc2ccc(CC3CCN(C4C5CC6CC4CC(O)(C6)C5)C3=O)c(Cl)c2)CC1)c1ccccc1. The van der Waals surface area contributed by atoms with Crippen molar-refractivity contribution in [3.8, 4) is 0 Å². The Labute approximate surface area is 239 Å². The molecule has 210 valence electrons. The van der Waals surface area contributed by atoms with Crippen LogP contribution in [0.15, 0.2) is 48.5 Å². The maximum absolute atomic E-state index is 13.6. The molecule has 5 saturated carbocycles. The van der Waals surface area contributed by atoms with Crippen LogP contribution < -0.4 is 10.6 Å². The van der Waals surface area contributed by atoms with Crippen molar-refractivity contribution in [1.82, 2.24) is 10.2 Å². The molecular formula is C32H36ClN3O4. The van der Waals surface area contributed by atoms with Gasteiger partial charge in [0.05, 0.1) is 5.60 Å². The topological polar surface area (TPSA) is 98.7 Å². The molecule has 1 aliphatic heterocycles. The first-order valence-corrected chi connectivity index (χ1v) is 15.1. The zero-order chi connectivity index (χ0) is 27.6. The summed E-state index contributed by atoms with van der Waals surface area (Å²) in [6.07, 6.45) is 7.50. The van der Waals surface area contributed by atoms with E-state index in [9.17, 15) is 19.5 Å². The van der Waals surface area contributed by atoms with Gasteiger partial charge in [-0.2, -0.15) is 0 Å². The highest BCUT2D eigenvalue weighted by Gasteiger charge is 2.57. The van der Waals surface area contributed by atoms with Crippen molar-refractivity contribution in [2.45, 2.75) is 75.0 Å². The predicted octanol–water partition coefficient (Wildman–Crippen LogP) is 4.57. The van der Waals surface area contributed by atoms with E-state index in [1.807, 2.05) is 18.2 Å². The minimum Gasteiger partial charge on any atom is -0.390 e. The molecule has 3 N–H and O–H groups in total. The number of likely N-dealkylation sites (tertiary alicyclic amines) is 1. The maximum Gasteiger partial charge on any atom is 0.252 e. The minimum atomic E-state index is -0.897. The molecule has 40 heavy (non-hydrogen) atoms. The van der Waals surface area contributed by atoms with Crippen molar-refractivity contribution in [2.24, 2.45) is 23.7 Å². The van der Waals surface area contributed by atoms with E-state index in [-0.39, 0.29) is 29.7 Å². The average Bonchev–Trinajstić information content (AvgIpc) is 3.62. The predicted molar refractivity (Wildman–Crippen MR) is 152 cm³/mol. The molecule has 2 aromatic carbocycles. The van der Waals surface area contributed by atoms with Gasteiger partial charge in [-0.05, 0) is 105 Å². The molecule has 6 fully saturated rings. The largest absolute Gasteiger partial charge is 0.390 e. The van der Waals surface area contributed by atoms with Crippen molar-refractivity contribution < 1.29 is 19.5 Å². The van der Waals surface area contributed by atoms with E-state index in [2.05, 4.69) is 15.5 Å². The fourth-order valence-electron chi connectivity index (χ4n) is 8.43. The maximum atomic E-state index is 13.6. The molecule has 3 atom stereocenters. The normalized spacial score (nSPS) is 33.2. The Kier molecular flexibility index (Phi) is 6.24. The Balaban J connectivity index is 0.975. The molecular weight excluding hydrogens is 526 g/mol. The summed E-state index contributed by atoms with van der Waals surface area (Å²) in [7, 11) is 0. The summed E-state index contributed by atoms with van der Waals surface area (Å²) in [5.41, 5.74) is 0.607. The molecule has 3 amide bonds. The van der Waals surface area contributed by atoms with E-state index in [1.54, 1.807) is 30.3 Å². The lowest BCUT2D eigenvalue weighted by Gasteiger charge is -2.59. The molecule has 7 nitrogen and oxygen atoms in total. The molecule has 0 spiro atoms. The Morgan fingerprint density at radius 3 is 2.40 bits per heavy atom. The van der Waals surface area contributed by atoms with Crippen LogP contribution in [0, 0.1) is 23.7 Å². The molecule has 0 aromatic heterocycles. The third kappa shape index (κ3) is 4.61. The number of rotatable bonds is 7.